The fraction of sp³-hybridized carbons (Fsp3) is 0.385. The van der Waals surface area contributed by atoms with Crippen molar-refractivity contribution in [3.8, 4) is 0 Å². The molecule has 8 heteroatoms. The van der Waals surface area contributed by atoms with E-state index in [0.29, 0.717) is 11.7 Å². The van der Waals surface area contributed by atoms with Crippen LogP contribution in [0.2, 0.25) is 0 Å². The molecule has 3 heterocycles. The molecule has 7 nitrogen and oxygen atoms in total. The first-order valence-electron chi connectivity index (χ1n) is 6.86. The third-order valence-corrected chi connectivity index (χ3v) is 4.08. The van der Waals surface area contributed by atoms with Gasteiger partial charge in [-0.3, -0.25) is 10.1 Å². The van der Waals surface area contributed by atoms with Gasteiger partial charge in [-0.2, -0.15) is 0 Å². The predicted octanol–water partition coefficient (Wildman–Crippen LogP) is -0.723. The zero-order chi connectivity index (χ0) is 14.5. The van der Waals surface area contributed by atoms with Crippen molar-refractivity contribution >= 4 is 28.3 Å². The first kappa shape index (κ1) is 13.9. The molecule has 0 bridgehead atoms. The standard InChI is InChI=1S/C13H16N6OS/c20-11(17-13-16-4-9-21-13)10-18-5-7-19(8-6-18)12-14-2-1-3-15-12/h1-4,9H,5-8,10H2,(H,16,17,20)/p+1. The van der Waals surface area contributed by atoms with E-state index >= 15 is 0 Å². The van der Waals surface area contributed by atoms with E-state index in [9.17, 15) is 4.79 Å². The second kappa shape index (κ2) is 6.59. The first-order valence-corrected chi connectivity index (χ1v) is 7.74. The number of nitrogens with zero attached hydrogens (tertiary/aromatic N) is 4. The van der Waals surface area contributed by atoms with E-state index in [0.717, 1.165) is 32.1 Å². The second-order valence-corrected chi connectivity index (χ2v) is 5.74. The van der Waals surface area contributed by atoms with E-state index in [-0.39, 0.29) is 5.91 Å². The van der Waals surface area contributed by atoms with Crippen LogP contribution in [-0.2, 0) is 4.79 Å². The molecule has 0 aliphatic carbocycles. The van der Waals surface area contributed by atoms with Gasteiger partial charge in [0.1, 0.15) is 0 Å². The number of piperazine rings is 1. The quantitative estimate of drug-likeness (QED) is 0.779. The van der Waals surface area contributed by atoms with Gasteiger partial charge >= 0.3 is 0 Å². The summed E-state index contributed by atoms with van der Waals surface area (Å²) < 4.78 is 0. The lowest BCUT2D eigenvalue weighted by atomic mass is 10.3. The number of carbonyl (C=O) groups excluding carboxylic acids is 1. The van der Waals surface area contributed by atoms with Crippen LogP contribution in [0.5, 0.6) is 0 Å². The number of hydrogen-bond acceptors (Lipinski definition) is 6. The lowest BCUT2D eigenvalue weighted by Gasteiger charge is -2.31. The fourth-order valence-corrected chi connectivity index (χ4v) is 2.88. The molecule has 1 saturated heterocycles. The number of hydrogen-bond donors (Lipinski definition) is 2. The molecule has 0 unspecified atom stereocenters. The van der Waals surface area contributed by atoms with Crippen LogP contribution in [-0.4, -0.2) is 53.6 Å². The molecule has 1 fully saturated rings. The summed E-state index contributed by atoms with van der Waals surface area (Å²) in [5.41, 5.74) is 0. The second-order valence-electron chi connectivity index (χ2n) is 4.85. The fourth-order valence-electron chi connectivity index (χ4n) is 2.33. The molecule has 0 radical (unpaired) electrons. The molecule has 1 aliphatic heterocycles. The number of rotatable bonds is 4. The Labute approximate surface area is 126 Å². The number of aromatic nitrogens is 3. The average molecular weight is 305 g/mol. The van der Waals surface area contributed by atoms with E-state index in [2.05, 4.69) is 25.2 Å². The summed E-state index contributed by atoms with van der Waals surface area (Å²) in [4.78, 5) is 27.9. The highest BCUT2D eigenvalue weighted by Crippen LogP contribution is 2.09. The van der Waals surface area contributed by atoms with Gasteiger partial charge in [-0.25, -0.2) is 15.0 Å². The Kier molecular flexibility index (Phi) is 4.37. The van der Waals surface area contributed by atoms with Crippen molar-refractivity contribution in [1.82, 2.24) is 15.0 Å². The maximum absolute atomic E-state index is 11.9. The number of amides is 1. The largest absolute Gasteiger partial charge is 0.330 e. The molecule has 0 saturated carbocycles. The summed E-state index contributed by atoms with van der Waals surface area (Å²) in [6.07, 6.45) is 5.19. The number of carbonyl (C=O) groups is 1. The van der Waals surface area contributed by atoms with Crippen LogP contribution in [0.3, 0.4) is 0 Å². The number of nitrogens with one attached hydrogen (secondary N) is 2. The van der Waals surface area contributed by atoms with Gasteiger partial charge in [0.15, 0.2) is 11.7 Å². The summed E-state index contributed by atoms with van der Waals surface area (Å²) in [7, 11) is 0. The predicted molar refractivity (Wildman–Crippen MR) is 80.6 cm³/mol. The molecule has 1 amide bonds. The van der Waals surface area contributed by atoms with E-state index in [1.54, 1.807) is 18.6 Å². The van der Waals surface area contributed by atoms with E-state index in [1.807, 2.05) is 11.4 Å². The molecular formula is C13H17N6OS+. The molecule has 3 rings (SSSR count). The summed E-state index contributed by atoms with van der Waals surface area (Å²) in [5, 5.41) is 5.33. The van der Waals surface area contributed by atoms with Crippen LogP contribution in [0.4, 0.5) is 11.1 Å². The van der Waals surface area contributed by atoms with Gasteiger partial charge in [-0.05, 0) is 6.07 Å². The van der Waals surface area contributed by atoms with Crippen molar-refractivity contribution in [1.29, 1.82) is 0 Å². The van der Waals surface area contributed by atoms with E-state index < -0.39 is 0 Å². The Morgan fingerprint density at radius 2 is 2.00 bits per heavy atom. The van der Waals surface area contributed by atoms with Gasteiger partial charge in [0, 0.05) is 24.0 Å². The topological polar surface area (TPSA) is 75.5 Å². The summed E-state index contributed by atoms with van der Waals surface area (Å²) in [6, 6.07) is 1.81. The average Bonchev–Trinajstić information content (AvgIpc) is 3.02. The third-order valence-electron chi connectivity index (χ3n) is 3.39. The molecule has 1 aliphatic rings. The Balaban J connectivity index is 1.46. The van der Waals surface area contributed by atoms with E-state index in [4.69, 9.17) is 0 Å². The molecule has 0 spiro atoms. The van der Waals surface area contributed by atoms with Crippen LogP contribution in [0.25, 0.3) is 0 Å². The Bertz CT molecular complexity index is 568. The molecule has 0 aromatic carbocycles. The molecule has 2 N–H and O–H groups in total. The SMILES string of the molecule is O=C(C[NH+]1CCN(c2ncccn2)CC1)Nc1nccs1. The van der Waals surface area contributed by atoms with Gasteiger partial charge in [-0.1, -0.05) is 0 Å². The Morgan fingerprint density at radius 3 is 2.67 bits per heavy atom. The van der Waals surface area contributed by atoms with Crippen LogP contribution in [0.15, 0.2) is 30.0 Å². The van der Waals surface area contributed by atoms with Gasteiger partial charge in [-0.15, -0.1) is 11.3 Å². The summed E-state index contributed by atoms with van der Waals surface area (Å²) in [6.45, 7) is 4.02. The lowest BCUT2D eigenvalue weighted by Crippen LogP contribution is -3.15. The monoisotopic (exact) mass is 305 g/mol. The van der Waals surface area contributed by atoms with Crippen molar-refractivity contribution in [2.45, 2.75) is 0 Å². The number of quaternary nitrogens is 1. The maximum atomic E-state index is 11.9. The normalized spacial score (nSPS) is 15.9. The maximum Gasteiger partial charge on any atom is 0.281 e. The van der Waals surface area contributed by atoms with Crippen molar-refractivity contribution in [2.75, 3.05) is 42.9 Å². The minimum absolute atomic E-state index is 0.0179. The highest BCUT2D eigenvalue weighted by Gasteiger charge is 2.23. The van der Waals surface area contributed by atoms with Crippen LogP contribution in [0.1, 0.15) is 0 Å². The lowest BCUT2D eigenvalue weighted by molar-refractivity contribution is -0.892. The molecular weight excluding hydrogens is 288 g/mol. The van der Waals surface area contributed by atoms with Crippen LogP contribution in [0, 0.1) is 0 Å². The molecule has 2 aromatic rings. The van der Waals surface area contributed by atoms with Crippen molar-refractivity contribution in [2.24, 2.45) is 0 Å². The molecule has 21 heavy (non-hydrogen) atoms. The number of thiazole rings is 1. The van der Waals surface area contributed by atoms with Crippen LogP contribution < -0.4 is 15.1 Å². The molecule has 110 valence electrons. The minimum Gasteiger partial charge on any atom is -0.330 e. The summed E-state index contributed by atoms with van der Waals surface area (Å²) >= 11 is 1.43. The highest BCUT2D eigenvalue weighted by atomic mass is 32.1. The smallest absolute Gasteiger partial charge is 0.281 e. The molecule has 0 atom stereocenters. The highest BCUT2D eigenvalue weighted by molar-refractivity contribution is 7.13. The third kappa shape index (κ3) is 3.73. The van der Waals surface area contributed by atoms with Crippen LogP contribution >= 0.6 is 11.3 Å². The zero-order valence-electron chi connectivity index (χ0n) is 11.5. The van der Waals surface area contributed by atoms with Gasteiger partial charge < -0.3 is 9.80 Å². The number of anilines is 2. The van der Waals surface area contributed by atoms with Crippen molar-refractivity contribution in [3.63, 3.8) is 0 Å². The first-order chi connectivity index (χ1) is 10.3. The minimum atomic E-state index is 0.0179. The Morgan fingerprint density at radius 1 is 1.24 bits per heavy atom. The summed E-state index contributed by atoms with van der Waals surface area (Å²) in [5.74, 6) is 0.785. The Hall–Kier alpha value is -2.06. The van der Waals surface area contributed by atoms with Crippen molar-refractivity contribution < 1.29 is 9.69 Å². The zero-order valence-corrected chi connectivity index (χ0v) is 12.3. The van der Waals surface area contributed by atoms with Gasteiger partial charge in [0.05, 0.1) is 26.2 Å². The van der Waals surface area contributed by atoms with Crippen molar-refractivity contribution in [3.05, 3.63) is 30.0 Å². The van der Waals surface area contributed by atoms with Gasteiger partial charge in [0.25, 0.3) is 5.91 Å². The van der Waals surface area contributed by atoms with Gasteiger partial charge in [0.2, 0.25) is 5.95 Å². The molecule has 2 aromatic heterocycles. The van der Waals surface area contributed by atoms with E-state index in [1.165, 1.54) is 16.2 Å².